The first-order chi connectivity index (χ1) is 6.74. The summed E-state index contributed by atoms with van der Waals surface area (Å²) < 4.78 is 0. The highest BCUT2D eigenvalue weighted by Gasteiger charge is 1.93. The standard InChI is InChI=1S/C9H12N4S.H2O/c1-7-4-3-5-11-8(7)6-12-13-9(14)10-2;/h3-6H,1-2H3,(H2,10,13,14);1H2/b12-6+;. The summed E-state index contributed by atoms with van der Waals surface area (Å²) in [4.78, 5) is 4.15. The third kappa shape index (κ3) is 4.48. The Labute approximate surface area is 93.9 Å². The number of aromatic nitrogens is 1. The molecule has 0 saturated heterocycles. The van der Waals surface area contributed by atoms with Gasteiger partial charge in [-0.2, -0.15) is 5.10 Å². The van der Waals surface area contributed by atoms with E-state index in [1.807, 2.05) is 19.1 Å². The van der Waals surface area contributed by atoms with E-state index >= 15 is 0 Å². The van der Waals surface area contributed by atoms with Crippen LogP contribution in [0, 0.1) is 6.92 Å². The summed E-state index contributed by atoms with van der Waals surface area (Å²) in [5.74, 6) is 0. The number of thiocarbonyl (C=S) groups is 1. The number of hydrogen-bond donors (Lipinski definition) is 2. The number of aryl methyl sites for hydroxylation is 1. The second-order valence-corrected chi connectivity index (χ2v) is 3.06. The first-order valence-corrected chi connectivity index (χ1v) is 4.57. The van der Waals surface area contributed by atoms with Crippen molar-refractivity contribution < 1.29 is 5.48 Å². The Bertz CT molecular complexity index is 354. The van der Waals surface area contributed by atoms with Crippen molar-refractivity contribution in [2.24, 2.45) is 5.10 Å². The van der Waals surface area contributed by atoms with E-state index < -0.39 is 0 Å². The Hall–Kier alpha value is -1.53. The highest BCUT2D eigenvalue weighted by Crippen LogP contribution is 1.98. The predicted molar refractivity (Wildman–Crippen MR) is 65.0 cm³/mol. The second kappa shape index (κ2) is 6.86. The lowest BCUT2D eigenvalue weighted by Gasteiger charge is -2.00. The summed E-state index contributed by atoms with van der Waals surface area (Å²) in [5.41, 5.74) is 4.57. The van der Waals surface area contributed by atoms with Gasteiger partial charge in [-0.1, -0.05) is 6.07 Å². The van der Waals surface area contributed by atoms with Crippen molar-refractivity contribution in [3.8, 4) is 0 Å². The number of nitrogens with one attached hydrogen (secondary N) is 2. The van der Waals surface area contributed by atoms with E-state index in [0.29, 0.717) is 5.11 Å². The molecule has 0 unspecified atom stereocenters. The van der Waals surface area contributed by atoms with Crippen LogP contribution in [0.4, 0.5) is 0 Å². The molecule has 82 valence electrons. The van der Waals surface area contributed by atoms with Crippen LogP contribution in [-0.2, 0) is 0 Å². The topological polar surface area (TPSA) is 80.8 Å². The van der Waals surface area contributed by atoms with E-state index in [4.69, 9.17) is 12.2 Å². The Morgan fingerprint density at radius 3 is 2.93 bits per heavy atom. The van der Waals surface area contributed by atoms with Crippen LogP contribution in [0.3, 0.4) is 0 Å². The molecular weight excluding hydrogens is 212 g/mol. The number of hydrazone groups is 1. The van der Waals surface area contributed by atoms with Crippen LogP contribution in [0.1, 0.15) is 11.3 Å². The van der Waals surface area contributed by atoms with Gasteiger partial charge in [0.1, 0.15) is 0 Å². The van der Waals surface area contributed by atoms with E-state index in [9.17, 15) is 0 Å². The van der Waals surface area contributed by atoms with Crippen molar-refractivity contribution in [1.29, 1.82) is 0 Å². The SMILES string of the molecule is CNC(=S)N/N=C/c1ncccc1C.O. The van der Waals surface area contributed by atoms with E-state index in [1.165, 1.54) is 0 Å². The summed E-state index contributed by atoms with van der Waals surface area (Å²) in [6, 6.07) is 3.86. The van der Waals surface area contributed by atoms with Gasteiger partial charge in [0.2, 0.25) is 0 Å². The molecule has 0 aliphatic carbocycles. The van der Waals surface area contributed by atoms with Crippen LogP contribution >= 0.6 is 12.2 Å². The van der Waals surface area contributed by atoms with Crippen molar-refractivity contribution >= 4 is 23.5 Å². The molecule has 0 spiro atoms. The minimum Gasteiger partial charge on any atom is -0.412 e. The third-order valence-electron chi connectivity index (χ3n) is 1.63. The van der Waals surface area contributed by atoms with Crippen molar-refractivity contribution in [3.63, 3.8) is 0 Å². The molecule has 4 N–H and O–H groups in total. The normalized spacial score (nSPS) is 9.47. The molecule has 1 aromatic rings. The smallest absolute Gasteiger partial charge is 0.186 e. The minimum absolute atomic E-state index is 0. The predicted octanol–water partition coefficient (Wildman–Crippen LogP) is -0.00688. The van der Waals surface area contributed by atoms with Crippen molar-refractivity contribution in [2.45, 2.75) is 6.92 Å². The van der Waals surface area contributed by atoms with E-state index in [1.54, 1.807) is 19.5 Å². The van der Waals surface area contributed by atoms with Gasteiger partial charge in [-0.05, 0) is 30.8 Å². The number of nitrogens with zero attached hydrogens (tertiary/aromatic N) is 2. The van der Waals surface area contributed by atoms with Gasteiger partial charge in [0.05, 0.1) is 11.9 Å². The molecule has 15 heavy (non-hydrogen) atoms. The molecule has 0 atom stereocenters. The van der Waals surface area contributed by atoms with E-state index in [0.717, 1.165) is 11.3 Å². The van der Waals surface area contributed by atoms with Gasteiger partial charge in [0.15, 0.2) is 5.11 Å². The molecule has 0 aliphatic heterocycles. The van der Waals surface area contributed by atoms with Crippen molar-refractivity contribution in [2.75, 3.05) is 7.05 Å². The fraction of sp³-hybridized carbons (Fsp3) is 0.222. The van der Waals surface area contributed by atoms with E-state index in [2.05, 4.69) is 20.8 Å². The monoisotopic (exact) mass is 226 g/mol. The zero-order valence-electron chi connectivity index (χ0n) is 8.61. The maximum absolute atomic E-state index is 4.85. The quantitative estimate of drug-likeness (QED) is 0.422. The molecule has 0 bridgehead atoms. The van der Waals surface area contributed by atoms with Crippen LogP contribution in [0.2, 0.25) is 0 Å². The Balaban J connectivity index is 0.00000196. The van der Waals surface area contributed by atoms with Crippen LogP contribution in [0.25, 0.3) is 0 Å². The van der Waals surface area contributed by atoms with Gasteiger partial charge in [-0.25, -0.2) is 0 Å². The maximum atomic E-state index is 4.85. The summed E-state index contributed by atoms with van der Waals surface area (Å²) in [6.07, 6.45) is 3.36. The van der Waals surface area contributed by atoms with E-state index in [-0.39, 0.29) is 5.48 Å². The average Bonchev–Trinajstić information content (AvgIpc) is 2.20. The molecule has 0 radical (unpaired) electrons. The third-order valence-corrected chi connectivity index (χ3v) is 1.93. The molecule has 5 nitrogen and oxygen atoms in total. The summed E-state index contributed by atoms with van der Waals surface area (Å²) in [5, 5.41) is 7.17. The number of rotatable bonds is 2. The first kappa shape index (κ1) is 13.5. The van der Waals surface area contributed by atoms with Crippen LogP contribution in [0.15, 0.2) is 23.4 Å². The lowest BCUT2D eigenvalue weighted by molar-refractivity contribution is 0.824. The highest BCUT2D eigenvalue weighted by atomic mass is 32.1. The van der Waals surface area contributed by atoms with Gasteiger partial charge in [0, 0.05) is 13.2 Å². The molecule has 1 aromatic heterocycles. The molecule has 1 heterocycles. The first-order valence-electron chi connectivity index (χ1n) is 4.16. The molecule has 0 saturated carbocycles. The van der Waals surface area contributed by atoms with Crippen LogP contribution in [0.5, 0.6) is 0 Å². The summed E-state index contributed by atoms with van der Waals surface area (Å²) in [7, 11) is 1.73. The zero-order valence-corrected chi connectivity index (χ0v) is 9.43. The largest absolute Gasteiger partial charge is 0.412 e. The molecule has 6 heteroatoms. The molecule has 0 aromatic carbocycles. The van der Waals surface area contributed by atoms with Gasteiger partial charge in [-0.15, -0.1) is 0 Å². The summed E-state index contributed by atoms with van der Waals surface area (Å²) >= 11 is 4.85. The molecule has 0 amide bonds. The van der Waals surface area contributed by atoms with Gasteiger partial charge in [-0.3, -0.25) is 10.4 Å². The zero-order chi connectivity index (χ0) is 10.4. The lowest BCUT2D eigenvalue weighted by Crippen LogP contribution is -2.28. The Kier molecular flexibility index (Phi) is 6.16. The Morgan fingerprint density at radius 2 is 2.33 bits per heavy atom. The van der Waals surface area contributed by atoms with Gasteiger partial charge >= 0.3 is 0 Å². The molecule has 0 aliphatic rings. The molecule has 1 rings (SSSR count). The fourth-order valence-electron chi connectivity index (χ4n) is 0.841. The molecular formula is C9H14N4OS. The van der Waals surface area contributed by atoms with Gasteiger partial charge < -0.3 is 10.8 Å². The fourth-order valence-corrected chi connectivity index (χ4v) is 0.894. The average molecular weight is 226 g/mol. The maximum Gasteiger partial charge on any atom is 0.186 e. The Morgan fingerprint density at radius 1 is 1.60 bits per heavy atom. The highest BCUT2D eigenvalue weighted by molar-refractivity contribution is 7.80. The summed E-state index contributed by atoms with van der Waals surface area (Å²) in [6.45, 7) is 1.98. The number of hydrogen-bond acceptors (Lipinski definition) is 3. The number of pyridine rings is 1. The van der Waals surface area contributed by atoms with Crippen LogP contribution < -0.4 is 10.7 Å². The molecule has 0 fully saturated rings. The van der Waals surface area contributed by atoms with Gasteiger partial charge in [0.25, 0.3) is 0 Å². The lowest BCUT2D eigenvalue weighted by atomic mass is 10.2. The second-order valence-electron chi connectivity index (χ2n) is 2.65. The minimum atomic E-state index is 0. The van der Waals surface area contributed by atoms with Crippen LogP contribution in [-0.4, -0.2) is 28.8 Å². The van der Waals surface area contributed by atoms with Crippen molar-refractivity contribution in [3.05, 3.63) is 29.6 Å². The van der Waals surface area contributed by atoms with Crippen molar-refractivity contribution in [1.82, 2.24) is 15.7 Å².